The smallest absolute Gasteiger partial charge is 0.250 e. The number of carbonyl (C=O) groups is 1. The summed E-state index contributed by atoms with van der Waals surface area (Å²) in [5, 5.41) is 2.68. The number of aromatic nitrogens is 1. The zero-order chi connectivity index (χ0) is 12.7. The second-order valence-corrected chi connectivity index (χ2v) is 3.63. The summed E-state index contributed by atoms with van der Waals surface area (Å²) in [6.45, 7) is 5.00. The number of hydrogen-bond acceptors (Lipinski definition) is 3. The monoisotopic (exact) mass is 238 g/mol. The van der Waals surface area contributed by atoms with Crippen molar-refractivity contribution < 1.29 is 9.53 Å². The predicted molar refractivity (Wildman–Crippen MR) is 66.1 cm³/mol. The fourth-order valence-corrected chi connectivity index (χ4v) is 1.41. The molecule has 0 aromatic carbocycles. The van der Waals surface area contributed by atoms with Gasteiger partial charge in [-0.25, -0.2) is 0 Å². The van der Waals surface area contributed by atoms with E-state index in [9.17, 15) is 9.59 Å². The molecule has 0 unspecified atom stereocenters. The minimum Gasteiger partial charge on any atom is -0.372 e. The van der Waals surface area contributed by atoms with E-state index < -0.39 is 0 Å². The van der Waals surface area contributed by atoms with Crippen molar-refractivity contribution in [1.82, 2.24) is 4.57 Å². The van der Waals surface area contributed by atoms with Crippen molar-refractivity contribution in [1.29, 1.82) is 0 Å². The van der Waals surface area contributed by atoms with Crippen LogP contribution in [0.1, 0.15) is 20.3 Å². The van der Waals surface area contributed by atoms with Crippen molar-refractivity contribution >= 4 is 11.6 Å². The Labute approximate surface area is 100 Å². The van der Waals surface area contributed by atoms with Gasteiger partial charge in [-0.15, -0.1) is 0 Å². The molecule has 94 valence electrons. The average molecular weight is 238 g/mol. The lowest BCUT2D eigenvalue weighted by molar-refractivity contribution is -0.120. The quantitative estimate of drug-likeness (QED) is 0.811. The molecule has 1 aromatic heterocycles. The van der Waals surface area contributed by atoms with Gasteiger partial charge in [-0.3, -0.25) is 9.59 Å². The molecule has 1 rings (SSSR count). The number of ether oxygens (including phenoxy) is 1. The summed E-state index contributed by atoms with van der Waals surface area (Å²) in [4.78, 5) is 22.8. The number of rotatable bonds is 6. The number of hydrogen-bond donors (Lipinski definition) is 1. The van der Waals surface area contributed by atoms with Crippen LogP contribution in [0.15, 0.2) is 23.1 Å². The van der Waals surface area contributed by atoms with E-state index in [-0.39, 0.29) is 18.1 Å². The van der Waals surface area contributed by atoms with Gasteiger partial charge in [-0.1, -0.05) is 6.92 Å². The molecule has 1 N–H and O–H groups in total. The topological polar surface area (TPSA) is 60.3 Å². The second-order valence-electron chi connectivity index (χ2n) is 3.63. The van der Waals surface area contributed by atoms with Gasteiger partial charge in [-0.05, 0) is 19.4 Å². The molecule has 1 aromatic rings. The summed E-state index contributed by atoms with van der Waals surface area (Å²) in [5.74, 6) is -0.214. The Hall–Kier alpha value is -1.62. The Balaban J connectivity index is 2.68. The van der Waals surface area contributed by atoms with Crippen molar-refractivity contribution in [2.45, 2.75) is 26.8 Å². The Morgan fingerprint density at radius 2 is 2.18 bits per heavy atom. The average Bonchev–Trinajstić information content (AvgIpc) is 2.31. The number of carbonyl (C=O) groups excluding carboxylic acids is 1. The Morgan fingerprint density at radius 3 is 2.82 bits per heavy atom. The van der Waals surface area contributed by atoms with E-state index in [0.29, 0.717) is 18.8 Å². The maximum atomic E-state index is 11.4. The van der Waals surface area contributed by atoms with Gasteiger partial charge in [0.05, 0.1) is 5.69 Å². The number of aryl methyl sites for hydroxylation is 1. The van der Waals surface area contributed by atoms with E-state index in [1.165, 1.54) is 6.07 Å². The van der Waals surface area contributed by atoms with Gasteiger partial charge < -0.3 is 14.6 Å². The van der Waals surface area contributed by atoms with Gasteiger partial charge in [0.15, 0.2) is 0 Å². The number of pyridine rings is 1. The number of nitrogens with one attached hydrogen (secondary N) is 1. The second kappa shape index (κ2) is 6.85. The predicted octanol–water partition coefficient (Wildman–Crippen LogP) is 1.23. The van der Waals surface area contributed by atoms with Crippen LogP contribution in [0.4, 0.5) is 5.69 Å². The molecule has 0 aliphatic heterocycles. The molecule has 0 radical (unpaired) electrons. The van der Waals surface area contributed by atoms with E-state index in [4.69, 9.17) is 4.74 Å². The molecule has 0 atom stereocenters. The van der Waals surface area contributed by atoms with Crippen LogP contribution in [0.2, 0.25) is 0 Å². The minimum absolute atomic E-state index is 0.0312. The summed E-state index contributed by atoms with van der Waals surface area (Å²) in [7, 11) is 0. The first kappa shape index (κ1) is 13.4. The molecule has 0 saturated carbocycles. The molecular formula is C12H18N2O3. The van der Waals surface area contributed by atoms with E-state index in [2.05, 4.69) is 5.32 Å². The summed E-state index contributed by atoms with van der Waals surface area (Å²) in [5.41, 5.74) is 0.553. The normalized spacial score (nSPS) is 10.2. The van der Waals surface area contributed by atoms with Gasteiger partial charge in [0.25, 0.3) is 5.56 Å². The van der Waals surface area contributed by atoms with Crippen molar-refractivity contribution in [2.24, 2.45) is 0 Å². The van der Waals surface area contributed by atoms with Crippen LogP contribution in [0.25, 0.3) is 0 Å². The van der Waals surface area contributed by atoms with E-state index in [1.54, 1.807) is 16.8 Å². The Morgan fingerprint density at radius 1 is 1.41 bits per heavy atom. The van der Waals surface area contributed by atoms with E-state index in [0.717, 1.165) is 6.42 Å². The molecule has 0 spiro atoms. The molecule has 17 heavy (non-hydrogen) atoms. The van der Waals surface area contributed by atoms with Crippen LogP contribution in [0, 0.1) is 0 Å². The molecule has 5 nitrogen and oxygen atoms in total. The van der Waals surface area contributed by atoms with Crippen LogP contribution >= 0.6 is 0 Å². The van der Waals surface area contributed by atoms with Crippen molar-refractivity contribution in [3.05, 3.63) is 28.7 Å². The number of amides is 1. The molecule has 1 heterocycles. The first-order chi connectivity index (χ1) is 8.17. The summed E-state index contributed by atoms with van der Waals surface area (Å²) in [6, 6.07) is 3.05. The summed E-state index contributed by atoms with van der Waals surface area (Å²) >= 11 is 0. The highest BCUT2D eigenvalue weighted by atomic mass is 16.5. The summed E-state index contributed by atoms with van der Waals surface area (Å²) in [6.07, 6.45) is 2.52. The summed E-state index contributed by atoms with van der Waals surface area (Å²) < 4.78 is 6.57. The first-order valence-corrected chi connectivity index (χ1v) is 5.75. The van der Waals surface area contributed by atoms with Crippen LogP contribution in [-0.4, -0.2) is 23.7 Å². The third-order valence-electron chi connectivity index (χ3n) is 2.17. The van der Waals surface area contributed by atoms with Crippen molar-refractivity contribution in [3.8, 4) is 0 Å². The Kier molecular flexibility index (Phi) is 5.42. The first-order valence-electron chi connectivity index (χ1n) is 5.75. The van der Waals surface area contributed by atoms with Crippen LogP contribution in [-0.2, 0) is 16.1 Å². The SMILES string of the molecule is CCCn1cc(NC(=O)COCC)ccc1=O. The standard InChI is InChI=1S/C12H18N2O3/c1-3-7-14-8-10(5-6-12(14)16)13-11(15)9-17-4-2/h5-6,8H,3-4,7,9H2,1-2H3,(H,13,15). The maximum absolute atomic E-state index is 11.4. The van der Waals surface area contributed by atoms with Gasteiger partial charge in [0.1, 0.15) is 6.61 Å². The largest absolute Gasteiger partial charge is 0.372 e. The molecule has 0 fully saturated rings. The zero-order valence-electron chi connectivity index (χ0n) is 10.2. The van der Waals surface area contributed by atoms with Crippen LogP contribution in [0.5, 0.6) is 0 Å². The van der Waals surface area contributed by atoms with Crippen LogP contribution < -0.4 is 10.9 Å². The highest BCUT2D eigenvalue weighted by Gasteiger charge is 2.03. The molecule has 0 bridgehead atoms. The minimum atomic E-state index is -0.214. The van der Waals surface area contributed by atoms with E-state index in [1.807, 2.05) is 13.8 Å². The van der Waals surface area contributed by atoms with Crippen molar-refractivity contribution in [2.75, 3.05) is 18.5 Å². The lowest BCUT2D eigenvalue weighted by Gasteiger charge is -2.08. The van der Waals surface area contributed by atoms with Crippen LogP contribution in [0.3, 0.4) is 0 Å². The highest BCUT2D eigenvalue weighted by molar-refractivity contribution is 5.91. The third-order valence-corrected chi connectivity index (χ3v) is 2.17. The molecule has 5 heteroatoms. The lowest BCUT2D eigenvalue weighted by atomic mass is 10.3. The molecular weight excluding hydrogens is 220 g/mol. The molecule has 0 saturated heterocycles. The molecule has 0 aliphatic rings. The number of nitrogens with zero attached hydrogens (tertiary/aromatic N) is 1. The fourth-order valence-electron chi connectivity index (χ4n) is 1.41. The lowest BCUT2D eigenvalue weighted by Crippen LogP contribution is -2.22. The highest BCUT2D eigenvalue weighted by Crippen LogP contribution is 2.03. The van der Waals surface area contributed by atoms with E-state index >= 15 is 0 Å². The van der Waals surface area contributed by atoms with Gasteiger partial charge in [-0.2, -0.15) is 0 Å². The molecule has 0 aliphatic carbocycles. The van der Waals surface area contributed by atoms with Gasteiger partial charge >= 0.3 is 0 Å². The third kappa shape index (κ3) is 4.40. The van der Waals surface area contributed by atoms with Gasteiger partial charge in [0, 0.05) is 25.4 Å². The zero-order valence-corrected chi connectivity index (χ0v) is 10.2. The molecule has 1 amide bonds. The number of anilines is 1. The maximum Gasteiger partial charge on any atom is 0.250 e. The van der Waals surface area contributed by atoms with Gasteiger partial charge in [0.2, 0.25) is 5.91 Å². The Bertz CT molecular complexity index is 426. The van der Waals surface area contributed by atoms with Crippen molar-refractivity contribution in [3.63, 3.8) is 0 Å². The fraction of sp³-hybridized carbons (Fsp3) is 0.500.